The van der Waals surface area contributed by atoms with Crippen molar-refractivity contribution >= 4 is 22.0 Å². The maximum atomic E-state index is 11.8. The summed E-state index contributed by atoms with van der Waals surface area (Å²) in [4.78, 5) is 13.6. The molecule has 1 aliphatic rings. The zero-order valence-electron chi connectivity index (χ0n) is 10.1. The summed E-state index contributed by atoms with van der Waals surface area (Å²) in [7, 11) is 1.82. The Bertz CT molecular complexity index is 258. The Morgan fingerprint density at radius 2 is 2.07 bits per heavy atom. The van der Waals surface area contributed by atoms with E-state index < -0.39 is 5.60 Å². The maximum absolute atomic E-state index is 11.8. The van der Waals surface area contributed by atoms with Crippen molar-refractivity contribution < 1.29 is 9.53 Å². The molecular weight excluding hydrogens is 258 g/mol. The van der Waals surface area contributed by atoms with Gasteiger partial charge in [0.1, 0.15) is 5.60 Å². The summed E-state index contributed by atoms with van der Waals surface area (Å²) in [6.45, 7) is 7.81. The minimum atomic E-state index is -0.420. The first-order chi connectivity index (χ1) is 6.73. The van der Waals surface area contributed by atoms with E-state index in [1.165, 1.54) is 0 Å². The van der Waals surface area contributed by atoms with E-state index in [-0.39, 0.29) is 11.6 Å². The normalized spacial score (nSPS) is 29.9. The molecule has 0 N–H and O–H groups in total. The second-order valence-electron chi connectivity index (χ2n) is 5.38. The largest absolute Gasteiger partial charge is 0.444 e. The first kappa shape index (κ1) is 12.8. The van der Waals surface area contributed by atoms with Crippen LogP contribution < -0.4 is 0 Å². The summed E-state index contributed by atoms with van der Waals surface area (Å²) in [5.74, 6) is 0.550. The van der Waals surface area contributed by atoms with Gasteiger partial charge in [-0.05, 0) is 33.1 Å². The Hall–Kier alpha value is -0.250. The van der Waals surface area contributed by atoms with Crippen molar-refractivity contribution in [2.45, 2.75) is 45.3 Å². The lowest BCUT2D eigenvalue weighted by molar-refractivity contribution is 0.0204. The van der Waals surface area contributed by atoms with Crippen LogP contribution in [-0.2, 0) is 4.74 Å². The molecule has 0 spiro atoms. The lowest BCUT2D eigenvalue weighted by Crippen LogP contribution is -2.44. The topological polar surface area (TPSA) is 29.5 Å². The van der Waals surface area contributed by atoms with E-state index >= 15 is 0 Å². The molecule has 1 saturated carbocycles. The van der Waals surface area contributed by atoms with Crippen LogP contribution in [0.1, 0.15) is 34.1 Å². The highest BCUT2D eigenvalue weighted by Crippen LogP contribution is 2.49. The number of rotatable bonds is 2. The van der Waals surface area contributed by atoms with Crippen LogP contribution >= 0.6 is 15.9 Å². The van der Waals surface area contributed by atoms with Crippen molar-refractivity contribution in [3.63, 3.8) is 0 Å². The number of ether oxygens (including phenoxy) is 1. The maximum Gasteiger partial charge on any atom is 0.410 e. The van der Waals surface area contributed by atoms with Crippen LogP contribution in [0.4, 0.5) is 4.79 Å². The molecule has 1 aliphatic carbocycles. The molecule has 0 aromatic heterocycles. The third-order valence-corrected chi connectivity index (χ3v) is 3.95. The fraction of sp³-hybridized carbons (Fsp3) is 0.909. The predicted molar refractivity (Wildman–Crippen MR) is 64.3 cm³/mol. The summed E-state index contributed by atoms with van der Waals surface area (Å²) in [6.07, 6.45) is 0.819. The van der Waals surface area contributed by atoms with E-state index in [9.17, 15) is 4.79 Å². The van der Waals surface area contributed by atoms with Crippen molar-refractivity contribution in [1.29, 1.82) is 0 Å². The molecule has 0 aromatic rings. The third-order valence-electron chi connectivity index (χ3n) is 2.98. The fourth-order valence-corrected chi connectivity index (χ4v) is 2.88. The molecule has 3 nitrogen and oxygen atoms in total. The minimum absolute atomic E-state index is 0.0255. The van der Waals surface area contributed by atoms with Gasteiger partial charge < -0.3 is 9.64 Å². The molecule has 1 amide bonds. The van der Waals surface area contributed by atoms with Gasteiger partial charge in [-0.2, -0.15) is 0 Å². The summed E-state index contributed by atoms with van der Waals surface area (Å²) in [6, 6.07) is 0. The summed E-state index contributed by atoms with van der Waals surface area (Å²) >= 11 is 3.47. The molecule has 2 atom stereocenters. The molecule has 0 unspecified atom stereocenters. The number of alkyl halides is 1. The average molecular weight is 278 g/mol. The Labute approximate surface area is 100 Å². The highest BCUT2D eigenvalue weighted by atomic mass is 79.9. The molecule has 0 bridgehead atoms. The van der Waals surface area contributed by atoms with Gasteiger partial charge in [-0.3, -0.25) is 0 Å². The summed E-state index contributed by atoms with van der Waals surface area (Å²) in [5, 5.41) is 0.816. The van der Waals surface area contributed by atoms with E-state index in [1.807, 2.05) is 27.8 Å². The zero-order chi connectivity index (χ0) is 11.9. The molecule has 0 saturated heterocycles. The van der Waals surface area contributed by atoms with Gasteiger partial charge in [-0.25, -0.2) is 4.79 Å². The molecule has 88 valence electrons. The van der Waals surface area contributed by atoms with Gasteiger partial charge in [0.05, 0.1) is 5.54 Å². The van der Waals surface area contributed by atoms with Crippen molar-refractivity contribution in [2.24, 2.45) is 5.92 Å². The van der Waals surface area contributed by atoms with Crippen LogP contribution in [0.3, 0.4) is 0 Å². The van der Waals surface area contributed by atoms with Crippen molar-refractivity contribution in [3.8, 4) is 0 Å². The van der Waals surface area contributed by atoms with Crippen molar-refractivity contribution in [3.05, 3.63) is 0 Å². The molecule has 0 radical (unpaired) electrons. The predicted octanol–water partition coefficient (Wildman–Crippen LogP) is 3.03. The number of carbonyl (C=O) groups is 1. The molecule has 0 aliphatic heterocycles. The standard InChI is InChI=1S/C11H20BrNO2/c1-8-6-11(8,7-12)13(5)9(14)15-10(2,3)4/h8H,6-7H2,1-5H3/t8-,11+/m0/s1. The van der Waals surface area contributed by atoms with Crippen molar-refractivity contribution in [1.82, 2.24) is 4.90 Å². The molecule has 15 heavy (non-hydrogen) atoms. The van der Waals surface area contributed by atoms with Crippen LogP contribution in [0.2, 0.25) is 0 Å². The van der Waals surface area contributed by atoms with Crippen LogP contribution in [0.15, 0.2) is 0 Å². The number of hydrogen-bond acceptors (Lipinski definition) is 2. The van der Waals surface area contributed by atoms with Gasteiger partial charge in [-0.15, -0.1) is 0 Å². The zero-order valence-corrected chi connectivity index (χ0v) is 11.7. The lowest BCUT2D eigenvalue weighted by Gasteiger charge is -2.30. The molecule has 1 rings (SSSR count). The van der Waals surface area contributed by atoms with Gasteiger partial charge in [0.15, 0.2) is 0 Å². The number of nitrogens with zero attached hydrogens (tertiary/aromatic N) is 1. The average Bonchev–Trinajstić information content (AvgIpc) is 2.74. The summed E-state index contributed by atoms with van der Waals surface area (Å²) < 4.78 is 5.34. The van der Waals surface area contributed by atoms with E-state index in [1.54, 1.807) is 4.90 Å². The molecular formula is C11H20BrNO2. The first-order valence-electron chi connectivity index (χ1n) is 5.26. The Kier molecular flexibility index (Phi) is 3.39. The van der Waals surface area contributed by atoms with Crippen LogP contribution in [0.5, 0.6) is 0 Å². The van der Waals surface area contributed by atoms with Crippen LogP contribution in [0, 0.1) is 5.92 Å². The Morgan fingerprint density at radius 3 is 2.33 bits per heavy atom. The van der Waals surface area contributed by atoms with Gasteiger partial charge in [0, 0.05) is 12.4 Å². The van der Waals surface area contributed by atoms with Gasteiger partial charge in [-0.1, -0.05) is 22.9 Å². The third kappa shape index (κ3) is 2.65. The van der Waals surface area contributed by atoms with E-state index in [0.717, 1.165) is 11.8 Å². The second-order valence-corrected chi connectivity index (χ2v) is 5.94. The minimum Gasteiger partial charge on any atom is -0.444 e. The quantitative estimate of drug-likeness (QED) is 0.727. The molecule has 0 aromatic carbocycles. The van der Waals surface area contributed by atoms with E-state index in [0.29, 0.717) is 5.92 Å². The smallest absolute Gasteiger partial charge is 0.410 e. The lowest BCUT2D eigenvalue weighted by atomic mass is 10.2. The summed E-state index contributed by atoms with van der Waals surface area (Å²) in [5.41, 5.74) is -0.445. The van der Waals surface area contributed by atoms with Gasteiger partial charge >= 0.3 is 6.09 Å². The van der Waals surface area contributed by atoms with Gasteiger partial charge in [0.25, 0.3) is 0 Å². The number of halogens is 1. The number of hydrogen-bond donors (Lipinski definition) is 0. The van der Waals surface area contributed by atoms with Gasteiger partial charge in [0.2, 0.25) is 0 Å². The molecule has 0 heterocycles. The Balaban J connectivity index is 2.61. The monoisotopic (exact) mass is 277 g/mol. The fourth-order valence-electron chi connectivity index (χ4n) is 1.73. The van der Waals surface area contributed by atoms with Crippen molar-refractivity contribution in [2.75, 3.05) is 12.4 Å². The highest BCUT2D eigenvalue weighted by Gasteiger charge is 2.55. The molecule has 1 fully saturated rings. The van der Waals surface area contributed by atoms with Crippen LogP contribution in [0.25, 0.3) is 0 Å². The molecule has 4 heteroatoms. The van der Waals surface area contributed by atoms with Crippen LogP contribution in [-0.4, -0.2) is 34.5 Å². The number of amides is 1. The van der Waals surface area contributed by atoms with E-state index in [4.69, 9.17) is 4.74 Å². The van der Waals surface area contributed by atoms with E-state index in [2.05, 4.69) is 22.9 Å². The number of carbonyl (C=O) groups excluding carboxylic acids is 1. The SMILES string of the molecule is C[C@H]1C[C@]1(CBr)N(C)C(=O)OC(C)(C)C. The second kappa shape index (κ2) is 3.96. The first-order valence-corrected chi connectivity index (χ1v) is 6.38. The highest BCUT2D eigenvalue weighted by molar-refractivity contribution is 9.09. The Morgan fingerprint density at radius 1 is 1.60 bits per heavy atom.